The highest BCUT2D eigenvalue weighted by atomic mass is 32.2. The third kappa shape index (κ3) is 4.95. The second-order valence-corrected chi connectivity index (χ2v) is 4.54. The summed E-state index contributed by atoms with van der Waals surface area (Å²) in [7, 11) is 0. The Hall–Kier alpha value is -1.24. The highest BCUT2D eigenvalue weighted by Crippen LogP contribution is 2.17. The van der Waals surface area contributed by atoms with E-state index in [1.165, 1.54) is 11.8 Å². The Balaban J connectivity index is 2.45. The van der Waals surface area contributed by atoms with E-state index in [0.29, 0.717) is 18.4 Å². The van der Waals surface area contributed by atoms with Gasteiger partial charge in [0.25, 0.3) is 0 Å². The van der Waals surface area contributed by atoms with Crippen LogP contribution in [0.2, 0.25) is 0 Å². The largest absolute Gasteiger partial charge is 0.465 e. The van der Waals surface area contributed by atoms with Gasteiger partial charge >= 0.3 is 11.9 Å². The third-order valence-corrected chi connectivity index (χ3v) is 3.17. The minimum absolute atomic E-state index is 0.00447. The lowest BCUT2D eigenvalue weighted by Gasteiger charge is -2.16. The SMILES string of the molecule is CCOC(=O)CN=C1SCCN1CC(=O)OCC. The van der Waals surface area contributed by atoms with E-state index in [0.717, 1.165) is 12.3 Å². The van der Waals surface area contributed by atoms with Crippen LogP contribution in [0.4, 0.5) is 0 Å². The maximum Gasteiger partial charge on any atom is 0.327 e. The number of hydrogen-bond acceptors (Lipinski definition) is 6. The second kappa shape index (κ2) is 7.97. The van der Waals surface area contributed by atoms with Crippen molar-refractivity contribution in [3.05, 3.63) is 0 Å². The minimum atomic E-state index is -0.353. The summed E-state index contributed by atoms with van der Waals surface area (Å²) in [6.07, 6.45) is 0. The predicted octanol–water partition coefficient (Wildman–Crippen LogP) is 0.517. The molecule has 0 aromatic rings. The number of nitrogens with zero attached hydrogens (tertiary/aromatic N) is 2. The quantitative estimate of drug-likeness (QED) is 0.658. The van der Waals surface area contributed by atoms with E-state index in [-0.39, 0.29) is 25.0 Å². The Morgan fingerprint density at radius 1 is 1.28 bits per heavy atom. The predicted molar refractivity (Wildman–Crippen MR) is 69.6 cm³/mol. The lowest BCUT2D eigenvalue weighted by atomic mass is 10.5. The summed E-state index contributed by atoms with van der Waals surface area (Å²) in [6.45, 7) is 5.16. The Bertz CT molecular complexity index is 333. The molecule has 6 nitrogen and oxygen atoms in total. The molecule has 0 radical (unpaired) electrons. The lowest BCUT2D eigenvalue weighted by molar-refractivity contribution is -0.143. The van der Waals surface area contributed by atoms with Crippen molar-refractivity contribution in [1.82, 2.24) is 4.90 Å². The first-order chi connectivity index (χ1) is 8.67. The lowest BCUT2D eigenvalue weighted by Crippen LogP contribution is -2.32. The molecule has 0 saturated carbocycles. The summed E-state index contributed by atoms with van der Waals surface area (Å²) in [5, 5.41) is 0.705. The summed E-state index contributed by atoms with van der Waals surface area (Å²) >= 11 is 1.53. The molecule has 102 valence electrons. The molecule has 1 fully saturated rings. The zero-order valence-corrected chi connectivity index (χ0v) is 11.5. The van der Waals surface area contributed by atoms with Gasteiger partial charge in [-0.05, 0) is 13.8 Å². The summed E-state index contributed by atoms with van der Waals surface area (Å²) in [5.74, 6) is 0.235. The van der Waals surface area contributed by atoms with Crippen LogP contribution in [0.5, 0.6) is 0 Å². The maximum absolute atomic E-state index is 11.4. The van der Waals surface area contributed by atoms with Crippen molar-refractivity contribution in [3.8, 4) is 0 Å². The number of carbonyl (C=O) groups is 2. The molecular weight excluding hydrogens is 256 g/mol. The van der Waals surface area contributed by atoms with E-state index >= 15 is 0 Å². The Morgan fingerprint density at radius 3 is 2.61 bits per heavy atom. The number of thioether (sulfide) groups is 1. The standard InChI is InChI=1S/C11H18N2O4S/c1-3-16-9(14)7-12-11-13(5-6-18-11)8-10(15)17-4-2/h3-8H2,1-2H3. The van der Waals surface area contributed by atoms with Crippen molar-refractivity contribution in [3.63, 3.8) is 0 Å². The first-order valence-electron chi connectivity index (χ1n) is 5.90. The van der Waals surface area contributed by atoms with E-state index in [1.54, 1.807) is 13.8 Å². The third-order valence-electron chi connectivity index (χ3n) is 2.14. The van der Waals surface area contributed by atoms with Gasteiger partial charge in [-0.2, -0.15) is 0 Å². The van der Waals surface area contributed by atoms with Crippen LogP contribution in [0.1, 0.15) is 13.8 Å². The topological polar surface area (TPSA) is 68.2 Å². The van der Waals surface area contributed by atoms with Crippen LogP contribution >= 0.6 is 11.8 Å². The van der Waals surface area contributed by atoms with E-state index < -0.39 is 0 Å². The van der Waals surface area contributed by atoms with E-state index in [1.807, 2.05) is 4.90 Å². The van der Waals surface area contributed by atoms with Gasteiger partial charge in [0.15, 0.2) is 5.17 Å². The average molecular weight is 274 g/mol. The van der Waals surface area contributed by atoms with Gasteiger partial charge in [-0.3, -0.25) is 14.6 Å². The van der Waals surface area contributed by atoms with Crippen LogP contribution in [0.25, 0.3) is 0 Å². The summed E-state index contributed by atoms with van der Waals surface area (Å²) in [4.78, 5) is 28.5. The number of hydrogen-bond donors (Lipinski definition) is 0. The number of esters is 2. The van der Waals surface area contributed by atoms with E-state index in [4.69, 9.17) is 9.47 Å². The van der Waals surface area contributed by atoms with Crippen LogP contribution in [-0.4, -0.2) is 60.6 Å². The number of amidine groups is 1. The van der Waals surface area contributed by atoms with Gasteiger partial charge in [0, 0.05) is 12.3 Å². The molecule has 7 heteroatoms. The van der Waals surface area contributed by atoms with Gasteiger partial charge < -0.3 is 14.4 Å². The van der Waals surface area contributed by atoms with Crippen LogP contribution < -0.4 is 0 Å². The van der Waals surface area contributed by atoms with Crippen LogP contribution in [-0.2, 0) is 19.1 Å². The van der Waals surface area contributed by atoms with Gasteiger partial charge in [0.1, 0.15) is 13.1 Å². The average Bonchev–Trinajstić information content (AvgIpc) is 2.74. The highest BCUT2D eigenvalue weighted by Gasteiger charge is 2.22. The van der Waals surface area contributed by atoms with Crippen molar-refractivity contribution < 1.29 is 19.1 Å². The van der Waals surface area contributed by atoms with E-state index in [2.05, 4.69) is 4.99 Å². The highest BCUT2D eigenvalue weighted by molar-refractivity contribution is 8.14. The fourth-order valence-electron chi connectivity index (χ4n) is 1.43. The molecule has 1 heterocycles. The second-order valence-electron chi connectivity index (χ2n) is 3.48. The smallest absolute Gasteiger partial charge is 0.327 e. The number of rotatable bonds is 6. The summed E-state index contributed by atoms with van der Waals surface area (Å²) in [6, 6.07) is 0. The van der Waals surface area contributed by atoms with Gasteiger partial charge in [0.05, 0.1) is 13.2 Å². The van der Waals surface area contributed by atoms with Gasteiger partial charge in [0.2, 0.25) is 0 Å². The van der Waals surface area contributed by atoms with Crippen molar-refractivity contribution in [2.75, 3.05) is 38.6 Å². The molecule has 1 aliphatic rings. The Labute approximate surface area is 111 Å². The number of ether oxygens (including phenoxy) is 2. The van der Waals surface area contributed by atoms with Crippen molar-refractivity contribution in [1.29, 1.82) is 0 Å². The normalized spacial score (nSPS) is 17.0. The van der Waals surface area contributed by atoms with Crippen LogP contribution in [0, 0.1) is 0 Å². The fraction of sp³-hybridized carbons (Fsp3) is 0.727. The first kappa shape index (κ1) is 14.8. The van der Waals surface area contributed by atoms with Crippen molar-refractivity contribution >= 4 is 28.9 Å². The number of carbonyl (C=O) groups excluding carboxylic acids is 2. The molecular formula is C11H18N2O4S. The molecule has 0 amide bonds. The van der Waals surface area contributed by atoms with Crippen molar-refractivity contribution in [2.45, 2.75) is 13.8 Å². The molecule has 1 aliphatic heterocycles. The molecule has 18 heavy (non-hydrogen) atoms. The fourth-order valence-corrected chi connectivity index (χ4v) is 2.42. The monoisotopic (exact) mass is 274 g/mol. The van der Waals surface area contributed by atoms with Crippen molar-refractivity contribution in [2.24, 2.45) is 4.99 Å². The Morgan fingerprint density at radius 2 is 1.94 bits per heavy atom. The number of aliphatic imine (C=N–C) groups is 1. The molecule has 0 unspecified atom stereocenters. The Kier molecular flexibility index (Phi) is 6.56. The van der Waals surface area contributed by atoms with Crippen LogP contribution in [0.3, 0.4) is 0 Å². The molecule has 1 saturated heterocycles. The summed E-state index contributed by atoms with van der Waals surface area (Å²) < 4.78 is 9.67. The zero-order chi connectivity index (χ0) is 13.4. The zero-order valence-electron chi connectivity index (χ0n) is 10.7. The molecule has 0 aromatic heterocycles. The molecule has 0 spiro atoms. The molecule has 0 aliphatic carbocycles. The van der Waals surface area contributed by atoms with E-state index in [9.17, 15) is 9.59 Å². The first-order valence-corrected chi connectivity index (χ1v) is 6.89. The molecule has 1 rings (SSSR count). The maximum atomic E-state index is 11.4. The van der Waals surface area contributed by atoms with Crippen LogP contribution in [0.15, 0.2) is 4.99 Å². The van der Waals surface area contributed by atoms with Gasteiger partial charge in [-0.15, -0.1) is 0 Å². The van der Waals surface area contributed by atoms with Gasteiger partial charge in [-0.25, -0.2) is 0 Å². The molecule has 0 aromatic carbocycles. The molecule has 0 N–H and O–H groups in total. The minimum Gasteiger partial charge on any atom is -0.465 e. The molecule has 0 atom stereocenters. The van der Waals surface area contributed by atoms with Gasteiger partial charge in [-0.1, -0.05) is 11.8 Å². The molecule has 0 bridgehead atoms. The summed E-state index contributed by atoms with van der Waals surface area (Å²) in [5.41, 5.74) is 0.